The Morgan fingerprint density at radius 1 is 1.30 bits per heavy atom. The zero-order chi connectivity index (χ0) is 16.4. The maximum Gasteiger partial charge on any atom is 0.189 e. The highest BCUT2D eigenvalue weighted by Crippen LogP contribution is 2.30. The third-order valence-electron chi connectivity index (χ3n) is 3.11. The number of sulfone groups is 1. The first-order chi connectivity index (χ1) is 10.9. The van der Waals surface area contributed by atoms with Gasteiger partial charge in [0.05, 0.1) is 17.2 Å². The van der Waals surface area contributed by atoms with E-state index in [2.05, 4.69) is 15.6 Å². The van der Waals surface area contributed by atoms with Crippen molar-refractivity contribution in [2.75, 3.05) is 16.8 Å². The number of hydrogen-bond donors (Lipinski definition) is 2. The van der Waals surface area contributed by atoms with Crippen molar-refractivity contribution < 1.29 is 8.42 Å². The van der Waals surface area contributed by atoms with Crippen LogP contribution in [0.4, 0.5) is 5.13 Å². The smallest absolute Gasteiger partial charge is 0.189 e. The molecule has 5 nitrogen and oxygen atoms in total. The second-order valence-electron chi connectivity index (χ2n) is 4.88. The molecule has 1 aliphatic heterocycles. The number of aromatic nitrogens is 1. The lowest BCUT2D eigenvalue weighted by Crippen LogP contribution is -2.28. The average Bonchev–Trinajstić information content (AvgIpc) is 3.06. The molecule has 0 radical (unpaired) electrons. The van der Waals surface area contributed by atoms with Crippen LogP contribution in [0.2, 0.25) is 5.02 Å². The van der Waals surface area contributed by atoms with E-state index in [-0.39, 0.29) is 11.5 Å². The Bertz CT molecular complexity index is 890. The van der Waals surface area contributed by atoms with Crippen LogP contribution >= 0.6 is 35.2 Å². The standard InChI is InChI=1S/C14H12ClN3O2S3/c15-11-4-2-1-3-10(11)12-7-22-14(17-12)18-13(21)16-9-5-6-23(19,20)8-9/h1-5,7H,6,8H2,(H2,16,17,18,21). The molecule has 0 atom stereocenters. The Balaban J connectivity index is 1.66. The van der Waals surface area contributed by atoms with Gasteiger partial charge < -0.3 is 10.6 Å². The van der Waals surface area contributed by atoms with Gasteiger partial charge in [-0.2, -0.15) is 0 Å². The first kappa shape index (κ1) is 16.4. The van der Waals surface area contributed by atoms with E-state index < -0.39 is 9.84 Å². The molecule has 23 heavy (non-hydrogen) atoms. The van der Waals surface area contributed by atoms with Crippen molar-refractivity contribution in [2.24, 2.45) is 0 Å². The summed E-state index contributed by atoms with van der Waals surface area (Å²) in [7, 11) is -3.02. The van der Waals surface area contributed by atoms with E-state index in [0.717, 1.165) is 11.3 Å². The fourth-order valence-electron chi connectivity index (χ4n) is 2.07. The van der Waals surface area contributed by atoms with Gasteiger partial charge in [-0.15, -0.1) is 11.3 Å². The van der Waals surface area contributed by atoms with Crippen molar-refractivity contribution >= 4 is 55.2 Å². The third kappa shape index (κ3) is 4.08. The van der Waals surface area contributed by atoms with Gasteiger partial charge in [0.2, 0.25) is 0 Å². The Labute approximate surface area is 148 Å². The lowest BCUT2D eigenvalue weighted by Gasteiger charge is -2.08. The first-order valence-corrected chi connectivity index (χ1v) is 10.1. The van der Waals surface area contributed by atoms with E-state index in [1.54, 1.807) is 6.08 Å². The molecule has 2 N–H and O–H groups in total. The molecule has 0 fully saturated rings. The van der Waals surface area contributed by atoms with Gasteiger partial charge in [0.15, 0.2) is 20.1 Å². The van der Waals surface area contributed by atoms with E-state index in [4.69, 9.17) is 23.8 Å². The molecule has 1 aromatic carbocycles. The summed E-state index contributed by atoms with van der Waals surface area (Å²) >= 11 is 12.7. The van der Waals surface area contributed by atoms with Crippen LogP contribution in [0.15, 0.2) is 41.4 Å². The number of anilines is 1. The van der Waals surface area contributed by atoms with Crippen LogP contribution in [0.25, 0.3) is 11.3 Å². The van der Waals surface area contributed by atoms with Gasteiger partial charge in [0.1, 0.15) is 0 Å². The monoisotopic (exact) mass is 385 g/mol. The van der Waals surface area contributed by atoms with Gasteiger partial charge >= 0.3 is 0 Å². The van der Waals surface area contributed by atoms with E-state index in [1.165, 1.54) is 11.3 Å². The number of benzene rings is 1. The summed E-state index contributed by atoms with van der Waals surface area (Å²) in [4.78, 5) is 4.44. The molecule has 0 saturated heterocycles. The topological polar surface area (TPSA) is 71.1 Å². The van der Waals surface area contributed by atoms with E-state index in [9.17, 15) is 8.42 Å². The highest BCUT2D eigenvalue weighted by Gasteiger charge is 2.20. The van der Waals surface area contributed by atoms with Crippen LogP contribution in [0.1, 0.15) is 0 Å². The minimum atomic E-state index is -3.02. The molecule has 120 valence electrons. The summed E-state index contributed by atoms with van der Waals surface area (Å²) in [6.45, 7) is 0. The average molecular weight is 386 g/mol. The molecule has 0 bridgehead atoms. The molecule has 0 unspecified atom stereocenters. The molecule has 1 aromatic heterocycles. The fourth-order valence-corrected chi connectivity index (χ4v) is 4.54. The number of hydrogen-bond acceptors (Lipinski definition) is 5. The Hall–Kier alpha value is -1.48. The molecule has 0 saturated carbocycles. The van der Waals surface area contributed by atoms with Crippen molar-refractivity contribution in [1.82, 2.24) is 10.3 Å². The van der Waals surface area contributed by atoms with E-state index in [0.29, 0.717) is 21.0 Å². The quantitative estimate of drug-likeness (QED) is 0.791. The largest absolute Gasteiger partial charge is 0.335 e. The molecule has 9 heteroatoms. The second kappa shape index (κ2) is 6.56. The first-order valence-electron chi connectivity index (χ1n) is 6.61. The van der Waals surface area contributed by atoms with Gasteiger partial charge in [-0.05, 0) is 24.4 Å². The van der Waals surface area contributed by atoms with Crippen LogP contribution in [-0.4, -0.2) is 30.0 Å². The van der Waals surface area contributed by atoms with Crippen molar-refractivity contribution in [3.63, 3.8) is 0 Å². The molecule has 0 amide bonds. The molecule has 3 rings (SSSR count). The lowest BCUT2D eigenvalue weighted by molar-refractivity contribution is 0.603. The van der Waals surface area contributed by atoms with Crippen LogP contribution in [0.3, 0.4) is 0 Å². The van der Waals surface area contributed by atoms with Gasteiger partial charge in [0, 0.05) is 21.7 Å². The number of thiocarbonyl (C=S) groups is 1. The number of nitrogens with zero attached hydrogens (tertiary/aromatic N) is 1. The molecular weight excluding hydrogens is 374 g/mol. The van der Waals surface area contributed by atoms with Crippen molar-refractivity contribution in [2.45, 2.75) is 0 Å². The number of thiazole rings is 1. The Morgan fingerprint density at radius 2 is 2.09 bits per heavy atom. The van der Waals surface area contributed by atoms with Crippen molar-refractivity contribution in [3.8, 4) is 11.3 Å². The summed E-state index contributed by atoms with van der Waals surface area (Å²) in [5.41, 5.74) is 2.20. The number of nitrogens with one attached hydrogen (secondary N) is 2. The zero-order valence-electron chi connectivity index (χ0n) is 11.7. The Morgan fingerprint density at radius 3 is 2.78 bits per heavy atom. The minimum absolute atomic E-state index is 0.0163. The molecular formula is C14H12ClN3O2S3. The predicted octanol–water partition coefficient (Wildman–Crippen LogP) is 3.06. The second-order valence-corrected chi connectivity index (χ2v) is 8.66. The summed E-state index contributed by atoms with van der Waals surface area (Å²) < 4.78 is 22.8. The summed E-state index contributed by atoms with van der Waals surface area (Å²) in [5.74, 6) is 0.0312. The maximum absolute atomic E-state index is 11.4. The highest BCUT2D eigenvalue weighted by atomic mass is 35.5. The molecule has 1 aliphatic rings. The lowest BCUT2D eigenvalue weighted by atomic mass is 10.2. The van der Waals surface area contributed by atoms with Crippen LogP contribution in [0, 0.1) is 0 Å². The Kier molecular flexibility index (Phi) is 4.67. The summed E-state index contributed by atoms with van der Waals surface area (Å²) in [6, 6.07) is 7.46. The summed E-state index contributed by atoms with van der Waals surface area (Å²) in [6.07, 6.45) is 1.63. The van der Waals surface area contributed by atoms with Gasteiger partial charge in [0.25, 0.3) is 0 Å². The van der Waals surface area contributed by atoms with E-state index in [1.807, 2.05) is 29.6 Å². The van der Waals surface area contributed by atoms with Crippen LogP contribution in [-0.2, 0) is 9.84 Å². The van der Waals surface area contributed by atoms with Gasteiger partial charge in [-0.3, -0.25) is 0 Å². The van der Waals surface area contributed by atoms with E-state index >= 15 is 0 Å². The van der Waals surface area contributed by atoms with Gasteiger partial charge in [-0.25, -0.2) is 13.4 Å². The normalized spacial score (nSPS) is 16.0. The molecule has 0 spiro atoms. The van der Waals surface area contributed by atoms with Gasteiger partial charge in [-0.1, -0.05) is 29.8 Å². The minimum Gasteiger partial charge on any atom is -0.335 e. The van der Waals surface area contributed by atoms with Crippen LogP contribution < -0.4 is 10.6 Å². The zero-order valence-corrected chi connectivity index (χ0v) is 15.0. The van der Waals surface area contributed by atoms with Crippen molar-refractivity contribution in [3.05, 3.63) is 46.4 Å². The molecule has 0 aliphatic carbocycles. The third-order valence-corrected chi connectivity index (χ3v) is 5.82. The number of rotatable bonds is 3. The highest BCUT2D eigenvalue weighted by molar-refractivity contribution is 7.92. The van der Waals surface area contributed by atoms with Crippen molar-refractivity contribution in [1.29, 1.82) is 0 Å². The summed E-state index contributed by atoms with van der Waals surface area (Å²) in [5, 5.41) is 9.28. The SMILES string of the molecule is O=S1(=O)CC=C(NC(=S)Nc2nc(-c3ccccc3Cl)cs2)C1. The predicted molar refractivity (Wildman–Crippen MR) is 98.7 cm³/mol. The number of halogens is 1. The fraction of sp³-hybridized carbons (Fsp3) is 0.143. The maximum atomic E-state index is 11.4. The molecule has 2 heterocycles. The molecule has 2 aromatic rings. The van der Waals surface area contributed by atoms with Crippen LogP contribution in [0.5, 0.6) is 0 Å².